The number of hydrogen-bond donors (Lipinski definition) is 2. The van der Waals surface area contributed by atoms with Crippen molar-refractivity contribution in [1.82, 2.24) is 5.32 Å². The van der Waals surface area contributed by atoms with Gasteiger partial charge in [-0.25, -0.2) is 0 Å². The zero-order chi connectivity index (χ0) is 12.3. The van der Waals surface area contributed by atoms with Crippen molar-refractivity contribution in [3.05, 3.63) is 34.9 Å². The molecule has 0 spiro atoms. The molecule has 1 aromatic rings. The van der Waals surface area contributed by atoms with E-state index < -0.39 is 5.60 Å². The van der Waals surface area contributed by atoms with Crippen LogP contribution in [0.2, 0.25) is 0 Å². The fourth-order valence-corrected chi connectivity index (χ4v) is 1.31. The summed E-state index contributed by atoms with van der Waals surface area (Å²) < 4.78 is 0. The van der Waals surface area contributed by atoms with Crippen LogP contribution in [0.25, 0.3) is 0 Å². The molecule has 0 saturated carbocycles. The predicted octanol–water partition coefficient (Wildman–Crippen LogP) is 1.69. The second-order valence-corrected chi connectivity index (χ2v) is 4.66. The van der Waals surface area contributed by atoms with E-state index in [4.69, 9.17) is 0 Å². The van der Waals surface area contributed by atoms with E-state index in [2.05, 4.69) is 12.2 Å². The first kappa shape index (κ1) is 12.7. The van der Waals surface area contributed by atoms with E-state index >= 15 is 0 Å². The molecule has 2 N–H and O–H groups in total. The molecule has 3 nitrogen and oxygen atoms in total. The van der Waals surface area contributed by atoms with E-state index in [0.29, 0.717) is 6.54 Å². The van der Waals surface area contributed by atoms with Crippen LogP contribution >= 0.6 is 0 Å². The summed E-state index contributed by atoms with van der Waals surface area (Å²) >= 11 is 0. The Hall–Kier alpha value is -1.35. The van der Waals surface area contributed by atoms with E-state index in [9.17, 15) is 9.90 Å². The van der Waals surface area contributed by atoms with Crippen molar-refractivity contribution in [2.75, 3.05) is 0 Å². The normalized spacial score (nSPS) is 11.3. The van der Waals surface area contributed by atoms with Crippen molar-refractivity contribution in [2.24, 2.45) is 0 Å². The SMILES string of the molecule is Cc1ccc(CNC(=O)C(C)(C)O)cc1C. The van der Waals surface area contributed by atoms with E-state index in [1.807, 2.05) is 25.1 Å². The van der Waals surface area contributed by atoms with Crippen LogP contribution in [0.3, 0.4) is 0 Å². The van der Waals surface area contributed by atoms with E-state index in [-0.39, 0.29) is 5.91 Å². The van der Waals surface area contributed by atoms with Gasteiger partial charge in [0.1, 0.15) is 5.60 Å². The smallest absolute Gasteiger partial charge is 0.251 e. The predicted molar refractivity (Wildman–Crippen MR) is 64.1 cm³/mol. The molecule has 1 amide bonds. The highest BCUT2D eigenvalue weighted by atomic mass is 16.3. The summed E-state index contributed by atoms with van der Waals surface area (Å²) in [6.45, 7) is 7.49. The van der Waals surface area contributed by atoms with Crippen molar-refractivity contribution in [3.8, 4) is 0 Å². The summed E-state index contributed by atoms with van der Waals surface area (Å²) in [6.07, 6.45) is 0. The highest BCUT2D eigenvalue weighted by Crippen LogP contribution is 2.10. The fraction of sp³-hybridized carbons (Fsp3) is 0.462. The van der Waals surface area contributed by atoms with Crippen molar-refractivity contribution < 1.29 is 9.90 Å². The number of carbonyl (C=O) groups excluding carboxylic acids is 1. The maximum Gasteiger partial charge on any atom is 0.251 e. The molecular weight excluding hydrogens is 202 g/mol. The standard InChI is InChI=1S/C13H19NO2/c1-9-5-6-11(7-10(9)2)8-14-12(15)13(3,4)16/h5-7,16H,8H2,1-4H3,(H,14,15). The summed E-state index contributed by atoms with van der Waals surface area (Å²) in [5, 5.41) is 12.1. The molecule has 0 fully saturated rings. The van der Waals surface area contributed by atoms with E-state index in [1.165, 1.54) is 25.0 Å². The van der Waals surface area contributed by atoms with Crippen molar-refractivity contribution in [3.63, 3.8) is 0 Å². The average Bonchev–Trinajstić information content (AvgIpc) is 2.18. The Morgan fingerprint density at radius 1 is 1.31 bits per heavy atom. The summed E-state index contributed by atoms with van der Waals surface area (Å²) in [6, 6.07) is 6.05. The summed E-state index contributed by atoms with van der Waals surface area (Å²) in [5.74, 6) is -0.356. The number of benzene rings is 1. The van der Waals surface area contributed by atoms with Crippen molar-refractivity contribution in [2.45, 2.75) is 39.8 Å². The molecule has 1 rings (SSSR count). The second kappa shape index (κ2) is 4.66. The second-order valence-electron chi connectivity index (χ2n) is 4.66. The van der Waals surface area contributed by atoms with Crippen molar-refractivity contribution in [1.29, 1.82) is 0 Å². The zero-order valence-corrected chi connectivity index (χ0v) is 10.3. The van der Waals surface area contributed by atoms with Crippen LogP contribution in [0.1, 0.15) is 30.5 Å². The van der Waals surface area contributed by atoms with E-state index in [1.54, 1.807) is 0 Å². The van der Waals surface area contributed by atoms with Gasteiger partial charge in [-0.2, -0.15) is 0 Å². The van der Waals surface area contributed by atoms with Gasteiger partial charge in [-0.05, 0) is 44.4 Å². The summed E-state index contributed by atoms with van der Waals surface area (Å²) in [4.78, 5) is 11.4. The molecule has 0 bridgehead atoms. The van der Waals surface area contributed by atoms with E-state index in [0.717, 1.165) is 5.56 Å². The molecule has 3 heteroatoms. The molecule has 0 heterocycles. The highest BCUT2D eigenvalue weighted by molar-refractivity contribution is 5.83. The maximum absolute atomic E-state index is 11.4. The van der Waals surface area contributed by atoms with Crippen LogP contribution in [-0.4, -0.2) is 16.6 Å². The molecule has 16 heavy (non-hydrogen) atoms. The number of nitrogens with one attached hydrogen (secondary N) is 1. The van der Waals surface area contributed by atoms with Gasteiger partial charge in [-0.3, -0.25) is 4.79 Å². The van der Waals surface area contributed by atoms with Gasteiger partial charge in [0, 0.05) is 6.54 Å². The van der Waals surface area contributed by atoms with Crippen LogP contribution in [-0.2, 0) is 11.3 Å². The fourth-order valence-electron chi connectivity index (χ4n) is 1.31. The molecule has 0 aliphatic carbocycles. The quantitative estimate of drug-likeness (QED) is 0.816. The molecule has 88 valence electrons. The Morgan fingerprint density at radius 3 is 2.44 bits per heavy atom. The zero-order valence-electron chi connectivity index (χ0n) is 10.3. The molecule has 0 radical (unpaired) electrons. The Labute approximate surface area is 96.5 Å². The molecule has 0 aliphatic heterocycles. The van der Waals surface area contributed by atoms with Gasteiger partial charge in [0.25, 0.3) is 5.91 Å². The van der Waals surface area contributed by atoms with Crippen LogP contribution < -0.4 is 5.32 Å². The minimum absolute atomic E-state index is 0.356. The lowest BCUT2D eigenvalue weighted by Gasteiger charge is -2.16. The molecule has 0 saturated heterocycles. The monoisotopic (exact) mass is 221 g/mol. The summed E-state index contributed by atoms with van der Waals surface area (Å²) in [7, 11) is 0. The number of rotatable bonds is 3. The van der Waals surface area contributed by atoms with Gasteiger partial charge < -0.3 is 10.4 Å². The van der Waals surface area contributed by atoms with Crippen LogP contribution in [0.5, 0.6) is 0 Å². The Morgan fingerprint density at radius 2 is 1.94 bits per heavy atom. The topological polar surface area (TPSA) is 49.3 Å². The van der Waals surface area contributed by atoms with Crippen molar-refractivity contribution >= 4 is 5.91 Å². The third-order valence-corrected chi connectivity index (χ3v) is 2.58. The lowest BCUT2D eigenvalue weighted by molar-refractivity contribution is -0.136. The number of aliphatic hydroxyl groups is 1. The van der Waals surface area contributed by atoms with Crippen LogP contribution in [0.4, 0.5) is 0 Å². The molecule has 0 aromatic heterocycles. The minimum Gasteiger partial charge on any atom is -0.381 e. The Bertz CT molecular complexity index is 391. The largest absolute Gasteiger partial charge is 0.381 e. The van der Waals surface area contributed by atoms with Gasteiger partial charge >= 0.3 is 0 Å². The van der Waals surface area contributed by atoms with Gasteiger partial charge in [0.15, 0.2) is 0 Å². The molecule has 0 aliphatic rings. The highest BCUT2D eigenvalue weighted by Gasteiger charge is 2.22. The number of hydrogen-bond acceptors (Lipinski definition) is 2. The number of aryl methyl sites for hydroxylation is 2. The lowest BCUT2D eigenvalue weighted by Crippen LogP contribution is -2.41. The Balaban J connectivity index is 2.62. The molecule has 1 aromatic carbocycles. The van der Waals surface area contributed by atoms with Gasteiger partial charge in [0.2, 0.25) is 0 Å². The van der Waals surface area contributed by atoms with Gasteiger partial charge in [-0.1, -0.05) is 18.2 Å². The third kappa shape index (κ3) is 3.35. The van der Waals surface area contributed by atoms with Crippen LogP contribution in [0, 0.1) is 13.8 Å². The van der Waals surface area contributed by atoms with Crippen LogP contribution in [0.15, 0.2) is 18.2 Å². The number of amides is 1. The molecule has 0 unspecified atom stereocenters. The third-order valence-electron chi connectivity index (χ3n) is 2.58. The first-order valence-corrected chi connectivity index (χ1v) is 5.37. The lowest BCUT2D eigenvalue weighted by atomic mass is 10.1. The number of carbonyl (C=O) groups is 1. The summed E-state index contributed by atoms with van der Waals surface area (Å²) in [5.41, 5.74) is 2.16. The maximum atomic E-state index is 11.4. The van der Waals surface area contributed by atoms with Gasteiger partial charge in [-0.15, -0.1) is 0 Å². The minimum atomic E-state index is -1.32. The van der Waals surface area contributed by atoms with Gasteiger partial charge in [0.05, 0.1) is 0 Å². The average molecular weight is 221 g/mol. The first-order chi connectivity index (χ1) is 7.30. The Kier molecular flexibility index (Phi) is 3.70. The first-order valence-electron chi connectivity index (χ1n) is 5.37. The molecular formula is C13H19NO2. The molecule has 0 atom stereocenters.